The van der Waals surface area contributed by atoms with Crippen molar-refractivity contribution in [3.63, 3.8) is 0 Å². The summed E-state index contributed by atoms with van der Waals surface area (Å²) < 4.78 is 30.8. The van der Waals surface area contributed by atoms with Crippen LogP contribution in [0.25, 0.3) is 0 Å². The Hall–Kier alpha value is -0.960. The summed E-state index contributed by atoms with van der Waals surface area (Å²) in [5, 5.41) is 1.91. The second-order valence-corrected chi connectivity index (χ2v) is 9.77. The van der Waals surface area contributed by atoms with Crippen LogP contribution in [-0.2, 0) is 14.8 Å². The van der Waals surface area contributed by atoms with Gasteiger partial charge in [-0.15, -0.1) is 11.3 Å². The molecule has 1 spiro atoms. The van der Waals surface area contributed by atoms with Crippen molar-refractivity contribution in [2.75, 3.05) is 46.2 Å². The predicted molar refractivity (Wildman–Crippen MR) is 93.7 cm³/mol. The molecular formula is C16H24N2O4S2. The number of nitrogens with zero attached hydrogens (tertiary/aromatic N) is 2. The molecule has 0 aromatic carbocycles. The van der Waals surface area contributed by atoms with Crippen LogP contribution >= 0.6 is 11.3 Å². The zero-order valence-electron chi connectivity index (χ0n) is 14.1. The maximum absolute atomic E-state index is 12.5. The highest BCUT2D eigenvalue weighted by molar-refractivity contribution is 7.88. The van der Waals surface area contributed by atoms with Gasteiger partial charge in [-0.1, -0.05) is 6.07 Å². The van der Waals surface area contributed by atoms with Crippen LogP contribution in [0.15, 0.2) is 17.5 Å². The number of hydrogen-bond donors (Lipinski definition) is 0. The molecule has 2 aliphatic rings. The highest BCUT2D eigenvalue weighted by atomic mass is 32.2. The molecule has 8 heteroatoms. The number of ether oxygens (including phenoxy) is 1. The summed E-state index contributed by atoms with van der Waals surface area (Å²) in [4.78, 5) is 15.2. The lowest BCUT2D eigenvalue weighted by Gasteiger charge is -2.42. The van der Waals surface area contributed by atoms with Gasteiger partial charge in [0.25, 0.3) is 5.91 Å². The highest BCUT2D eigenvalue weighted by Crippen LogP contribution is 2.45. The van der Waals surface area contributed by atoms with Crippen LogP contribution in [0.2, 0.25) is 0 Å². The van der Waals surface area contributed by atoms with Crippen molar-refractivity contribution in [3.05, 3.63) is 22.4 Å². The lowest BCUT2D eigenvalue weighted by atomic mass is 9.71. The molecule has 3 heterocycles. The van der Waals surface area contributed by atoms with E-state index in [1.54, 1.807) is 11.4 Å². The number of piperidine rings is 1. The van der Waals surface area contributed by atoms with E-state index in [1.807, 2.05) is 22.4 Å². The van der Waals surface area contributed by atoms with Crippen molar-refractivity contribution < 1.29 is 17.9 Å². The first-order valence-corrected chi connectivity index (χ1v) is 10.9. The number of carbonyl (C=O) groups is 1. The Balaban J connectivity index is 1.71. The van der Waals surface area contributed by atoms with Crippen LogP contribution in [0.5, 0.6) is 0 Å². The van der Waals surface area contributed by atoms with Crippen LogP contribution < -0.4 is 0 Å². The van der Waals surface area contributed by atoms with Crippen LogP contribution in [-0.4, -0.2) is 69.7 Å². The number of carbonyl (C=O) groups excluding carboxylic acids is 1. The Labute approximate surface area is 147 Å². The minimum Gasteiger partial charge on any atom is -0.384 e. The summed E-state index contributed by atoms with van der Waals surface area (Å²) in [6.45, 7) is 2.97. The Kier molecular flexibility index (Phi) is 5.01. The van der Waals surface area contributed by atoms with E-state index in [-0.39, 0.29) is 17.2 Å². The zero-order valence-corrected chi connectivity index (χ0v) is 15.7. The van der Waals surface area contributed by atoms with Gasteiger partial charge in [-0.25, -0.2) is 12.7 Å². The van der Waals surface area contributed by atoms with Crippen LogP contribution in [0, 0.1) is 11.3 Å². The smallest absolute Gasteiger partial charge is 0.263 e. The quantitative estimate of drug-likeness (QED) is 0.803. The summed E-state index contributed by atoms with van der Waals surface area (Å²) in [7, 11) is -1.54. The standard InChI is InChI=1S/C16H24N2O4S2/c1-22-11-13-10-18(24(2,20)21)12-16(13)5-7-17(8-6-16)15(19)14-4-3-9-23-14/h3-4,9,13H,5-8,10-12H2,1-2H3/t13-/m1/s1. The van der Waals surface area contributed by atoms with Gasteiger partial charge < -0.3 is 9.64 Å². The van der Waals surface area contributed by atoms with Gasteiger partial charge in [-0.05, 0) is 29.7 Å². The monoisotopic (exact) mass is 372 g/mol. The number of hydrogen-bond acceptors (Lipinski definition) is 5. The van der Waals surface area contributed by atoms with Crippen molar-refractivity contribution in [1.82, 2.24) is 9.21 Å². The van der Waals surface area contributed by atoms with Gasteiger partial charge in [0.2, 0.25) is 10.0 Å². The second-order valence-electron chi connectivity index (χ2n) is 6.84. The molecule has 2 fully saturated rings. The van der Waals surface area contributed by atoms with Gasteiger partial charge in [0.15, 0.2) is 0 Å². The normalized spacial score (nSPS) is 24.6. The Morgan fingerprint density at radius 3 is 2.67 bits per heavy atom. The predicted octanol–water partition coefficient (Wildman–Crippen LogP) is 1.51. The van der Waals surface area contributed by atoms with Crippen LogP contribution in [0.1, 0.15) is 22.5 Å². The summed E-state index contributed by atoms with van der Waals surface area (Å²) in [6.07, 6.45) is 2.92. The Bertz CT molecular complexity index is 679. The molecule has 0 bridgehead atoms. The molecule has 1 amide bonds. The molecular weight excluding hydrogens is 348 g/mol. The summed E-state index contributed by atoms with van der Waals surface area (Å²) in [5.74, 6) is 0.275. The molecule has 6 nitrogen and oxygen atoms in total. The third-order valence-corrected chi connectivity index (χ3v) is 7.47. The SMILES string of the molecule is COC[C@H]1CN(S(C)(=O)=O)CC12CCN(C(=O)c1cccs1)CC2. The molecule has 1 aromatic rings. The molecule has 0 saturated carbocycles. The topological polar surface area (TPSA) is 66.9 Å². The fraction of sp³-hybridized carbons (Fsp3) is 0.688. The molecule has 0 unspecified atom stereocenters. The van der Waals surface area contributed by atoms with E-state index in [9.17, 15) is 13.2 Å². The molecule has 0 N–H and O–H groups in total. The molecule has 0 aliphatic carbocycles. The van der Waals surface area contributed by atoms with Gasteiger partial charge in [-0.2, -0.15) is 0 Å². The highest BCUT2D eigenvalue weighted by Gasteiger charge is 2.50. The lowest BCUT2D eigenvalue weighted by Crippen LogP contribution is -2.47. The summed E-state index contributed by atoms with van der Waals surface area (Å²) >= 11 is 1.46. The third kappa shape index (κ3) is 3.37. The number of rotatable bonds is 4. The van der Waals surface area contributed by atoms with Crippen LogP contribution in [0.4, 0.5) is 0 Å². The number of thiophene rings is 1. The fourth-order valence-electron chi connectivity index (χ4n) is 3.95. The van der Waals surface area contributed by atoms with E-state index in [1.165, 1.54) is 17.6 Å². The second kappa shape index (κ2) is 6.74. The van der Waals surface area contributed by atoms with Crippen LogP contribution in [0.3, 0.4) is 0 Å². The lowest BCUT2D eigenvalue weighted by molar-refractivity contribution is 0.0330. The minimum atomic E-state index is -3.20. The number of amides is 1. The molecule has 1 atom stereocenters. The zero-order chi connectivity index (χ0) is 17.4. The van der Waals surface area contributed by atoms with Crippen molar-refractivity contribution in [1.29, 1.82) is 0 Å². The maximum atomic E-state index is 12.5. The van der Waals surface area contributed by atoms with Gasteiger partial charge in [0.1, 0.15) is 0 Å². The first-order valence-electron chi connectivity index (χ1n) is 8.12. The molecule has 3 rings (SSSR count). The number of methoxy groups -OCH3 is 1. The average molecular weight is 373 g/mol. The molecule has 2 aliphatic heterocycles. The summed E-state index contributed by atoms with van der Waals surface area (Å²) in [6, 6.07) is 3.74. The molecule has 1 aromatic heterocycles. The largest absolute Gasteiger partial charge is 0.384 e. The van der Waals surface area contributed by atoms with E-state index in [0.29, 0.717) is 32.8 Å². The molecule has 134 valence electrons. The number of sulfonamides is 1. The molecule has 24 heavy (non-hydrogen) atoms. The molecule has 0 radical (unpaired) electrons. The van der Waals surface area contributed by atoms with Gasteiger partial charge in [-0.3, -0.25) is 4.79 Å². The van der Waals surface area contributed by atoms with Gasteiger partial charge in [0.05, 0.1) is 17.7 Å². The number of likely N-dealkylation sites (tertiary alicyclic amines) is 1. The van der Waals surface area contributed by atoms with Crippen molar-refractivity contribution in [2.24, 2.45) is 11.3 Å². The fourth-order valence-corrected chi connectivity index (χ4v) is 5.58. The third-order valence-electron chi connectivity index (χ3n) is 5.40. The average Bonchev–Trinajstić information content (AvgIpc) is 3.17. The van der Waals surface area contributed by atoms with Crippen molar-refractivity contribution in [3.8, 4) is 0 Å². The first kappa shape index (κ1) is 17.8. The van der Waals surface area contributed by atoms with Gasteiger partial charge >= 0.3 is 0 Å². The Morgan fingerprint density at radius 1 is 1.42 bits per heavy atom. The molecule has 2 saturated heterocycles. The van der Waals surface area contributed by atoms with E-state index in [2.05, 4.69) is 0 Å². The van der Waals surface area contributed by atoms with E-state index >= 15 is 0 Å². The first-order chi connectivity index (χ1) is 11.4. The van der Waals surface area contributed by atoms with E-state index < -0.39 is 10.0 Å². The van der Waals surface area contributed by atoms with Crippen molar-refractivity contribution in [2.45, 2.75) is 12.8 Å². The maximum Gasteiger partial charge on any atom is 0.263 e. The van der Waals surface area contributed by atoms with Crippen molar-refractivity contribution >= 4 is 27.3 Å². The Morgan fingerprint density at radius 2 is 2.12 bits per heavy atom. The van der Waals surface area contributed by atoms with E-state index in [0.717, 1.165) is 17.7 Å². The van der Waals surface area contributed by atoms with E-state index in [4.69, 9.17) is 4.74 Å². The van der Waals surface area contributed by atoms with Gasteiger partial charge in [0, 0.05) is 39.2 Å². The summed E-state index contributed by atoms with van der Waals surface area (Å²) in [5.41, 5.74) is -0.0781. The minimum absolute atomic E-state index is 0.0781.